The van der Waals surface area contributed by atoms with E-state index in [0.29, 0.717) is 23.9 Å². The Morgan fingerprint density at radius 1 is 1.38 bits per heavy atom. The molecule has 0 bridgehead atoms. The third-order valence-corrected chi connectivity index (χ3v) is 5.11. The van der Waals surface area contributed by atoms with Crippen molar-refractivity contribution in [1.29, 1.82) is 0 Å². The molecule has 1 N–H and O–H groups in total. The fourth-order valence-electron chi connectivity index (χ4n) is 2.97. The van der Waals surface area contributed by atoms with E-state index in [4.69, 9.17) is 9.47 Å². The van der Waals surface area contributed by atoms with Gasteiger partial charge in [-0.3, -0.25) is 4.79 Å². The second-order valence-corrected chi connectivity index (χ2v) is 7.05. The summed E-state index contributed by atoms with van der Waals surface area (Å²) < 4.78 is 11.1. The van der Waals surface area contributed by atoms with Gasteiger partial charge in [0.2, 0.25) is 5.88 Å². The molecule has 0 unspecified atom stereocenters. The van der Waals surface area contributed by atoms with Crippen LogP contribution in [0.2, 0.25) is 0 Å². The Morgan fingerprint density at radius 2 is 2.12 bits per heavy atom. The summed E-state index contributed by atoms with van der Waals surface area (Å²) in [5, 5.41) is 3.05. The number of nitrogens with zero attached hydrogens (tertiary/aromatic N) is 2. The van der Waals surface area contributed by atoms with E-state index in [1.165, 1.54) is 12.8 Å². The van der Waals surface area contributed by atoms with Gasteiger partial charge in [0.25, 0.3) is 5.91 Å². The van der Waals surface area contributed by atoms with Crippen LogP contribution in [-0.2, 0) is 4.74 Å². The Kier molecular flexibility index (Phi) is 5.36. The molecule has 6 heteroatoms. The molecule has 1 aromatic rings. The Bertz CT molecular complexity index is 549. The largest absolute Gasteiger partial charge is 0.477 e. The van der Waals surface area contributed by atoms with Crippen LogP contribution in [0.3, 0.4) is 0 Å². The lowest BCUT2D eigenvalue weighted by Gasteiger charge is -2.42. The molecule has 1 saturated heterocycles. The normalized spacial score (nSPS) is 20.0. The number of pyridine rings is 1. The van der Waals surface area contributed by atoms with Gasteiger partial charge in [0.1, 0.15) is 0 Å². The number of amides is 1. The predicted molar refractivity (Wildman–Crippen MR) is 91.3 cm³/mol. The van der Waals surface area contributed by atoms with Gasteiger partial charge in [0.05, 0.1) is 12.2 Å². The number of hydrogen-bond donors (Lipinski definition) is 1. The number of carbonyl (C=O) groups is 1. The summed E-state index contributed by atoms with van der Waals surface area (Å²) in [4.78, 5) is 18.8. The van der Waals surface area contributed by atoms with Gasteiger partial charge < -0.3 is 19.7 Å². The zero-order chi connectivity index (χ0) is 17.0. The topological polar surface area (TPSA) is 63.7 Å². The SMILES string of the molecule is CN(C)C1(CNC(=O)c2ccc(OCC3CC3)nc2)CCOCC1. The monoisotopic (exact) mass is 333 g/mol. The average Bonchev–Trinajstić information content (AvgIpc) is 3.43. The van der Waals surface area contributed by atoms with E-state index >= 15 is 0 Å². The highest BCUT2D eigenvalue weighted by atomic mass is 16.5. The van der Waals surface area contributed by atoms with Crippen LogP contribution in [0.5, 0.6) is 5.88 Å². The van der Waals surface area contributed by atoms with E-state index in [-0.39, 0.29) is 11.4 Å². The first-order valence-electron chi connectivity index (χ1n) is 8.71. The zero-order valence-corrected chi connectivity index (χ0v) is 14.6. The summed E-state index contributed by atoms with van der Waals surface area (Å²) >= 11 is 0. The lowest BCUT2D eigenvalue weighted by atomic mass is 9.88. The van der Waals surface area contributed by atoms with E-state index in [1.54, 1.807) is 18.3 Å². The number of ether oxygens (including phenoxy) is 2. The van der Waals surface area contributed by atoms with Gasteiger partial charge in [0, 0.05) is 37.6 Å². The predicted octanol–water partition coefficient (Wildman–Crippen LogP) is 1.71. The van der Waals surface area contributed by atoms with Crippen LogP contribution < -0.4 is 10.1 Å². The van der Waals surface area contributed by atoms with Crippen molar-refractivity contribution >= 4 is 5.91 Å². The smallest absolute Gasteiger partial charge is 0.252 e. The maximum Gasteiger partial charge on any atom is 0.252 e. The fraction of sp³-hybridized carbons (Fsp3) is 0.667. The minimum Gasteiger partial charge on any atom is -0.477 e. The van der Waals surface area contributed by atoms with Crippen LogP contribution in [0.1, 0.15) is 36.0 Å². The molecule has 24 heavy (non-hydrogen) atoms. The standard InChI is InChI=1S/C18H27N3O3/c1-21(2)18(7-9-23-10-8-18)13-20-17(22)15-5-6-16(19-11-15)24-12-14-3-4-14/h5-6,11,14H,3-4,7-10,12-13H2,1-2H3,(H,20,22). The van der Waals surface area contributed by atoms with Crippen molar-refractivity contribution in [2.45, 2.75) is 31.2 Å². The van der Waals surface area contributed by atoms with Crippen molar-refractivity contribution in [2.24, 2.45) is 5.92 Å². The third-order valence-electron chi connectivity index (χ3n) is 5.11. The van der Waals surface area contributed by atoms with Crippen LogP contribution in [0.25, 0.3) is 0 Å². The number of nitrogens with one attached hydrogen (secondary N) is 1. The lowest BCUT2D eigenvalue weighted by Crippen LogP contribution is -2.55. The number of aromatic nitrogens is 1. The Labute approximate surface area is 143 Å². The Balaban J connectivity index is 1.53. The molecule has 0 atom stereocenters. The summed E-state index contributed by atoms with van der Waals surface area (Å²) in [6.45, 7) is 2.82. The first-order chi connectivity index (χ1) is 11.6. The molecule has 132 valence electrons. The molecule has 2 heterocycles. The molecule has 6 nitrogen and oxygen atoms in total. The van der Waals surface area contributed by atoms with E-state index in [9.17, 15) is 4.79 Å². The van der Waals surface area contributed by atoms with Crippen molar-refractivity contribution in [3.63, 3.8) is 0 Å². The van der Waals surface area contributed by atoms with Crippen LogP contribution in [0.15, 0.2) is 18.3 Å². The quantitative estimate of drug-likeness (QED) is 0.823. The summed E-state index contributed by atoms with van der Waals surface area (Å²) in [5.41, 5.74) is 0.531. The van der Waals surface area contributed by atoms with Gasteiger partial charge in [-0.05, 0) is 51.8 Å². The van der Waals surface area contributed by atoms with Crippen molar-refractivity contribution < 1.29 is 14.3 Å². The van der Waals surface area contributed by atoms with Crippen molar-refractivity contribution in [3.8, 4) is 5.88 Å². The summed E-state index contributed by atoms with van der Waals surface area (Å²) in [6.07, 6.45) is 5.93. The minimum atomic E-state index is -0.0936. The fourth-order valence-corrected chi connectivity index (χ4v) is 2.97. The number of hydrogen-bond acceptors (Lipinski definition) is 5. The number of carbonyl (C=O) groups excluding carboxylic acids is 1. The van der Waals surface area contributed by atoms with Gasteiger partial charge in [-0.1, -0.05) is 0 Å². The van der Waals surface area contributed by atoms with Crippen molar-refractivity contribution in [2.75, 3.05) is 40.5 Å². The van der Waals surface area contributed by atoms with Gasteiger partial charge in [0.15, 0.2) is 0 Å². The van der Waals surface area contributed by atoms with Crippen LogP contribution in [0.4, 0.5) is 0 Å². The summed E-state index contributed by atoms with van der Waals surface area (Å²) in [6, 6.07) is 3.55. The first-order valence-corrected chi connectivity index (χ1v) is 8.71. The van der Waals surface area contributed by atoms with Crippen LogP contribution in [0, 0.1) is 5.92 Å². The first kappa shape index (κ1) is 17.2. The minimum absolute atomic E-state index is 0.0331. The summed E-state index contributed by atoms with van der Waals surface area (Å²) in [5.74, 6) is 1.19. The molecule has 1 aromatic heterocycles. The van der Waals surface area contributed by atoms with Crippen LogP contribution in [-0.4, -0.2) is 61.8 Å². The molecule has 2 aliphatic rings. The molecule has 0 spiro atoms. The highest BCUT2D eigenvalue weighted by molar-refractivity contribution is 5.93. The van der Waals surface area contributed by atoms with E-state index in [0.717, 1.165) is 32.7 Å². The van der Waals surface area contributed by atoms with Crippen molar-refractivity contribution in [1.82, 2.24) is 15.2 Å². The molecule has 1 aliphatic heterocycles. The highest BCUT2D eigenvalue weighted by Gasteiger charge is 2.35. The average molecular weight is 333 g/mol. The van der Waals surface area contributed by atoms with Crippen LogP contribution >= 0.6 is 0 Å². The van der Waals surface area contributed by atoms with Gasteiger partial charge >= 0.3 is 0 Å². The number of rotatable bonds is 7. The third kappa shape index (κ3) is 4.24. The lowest BCUT2D eigenvalue weighted by molar-refractivity contribution is -0.00658. The second kappa shape index (κ2) is 7.49. The Hall–Kier alpha value is -1.66. The highest BCUT2D eigenvalue weighted by Crippen LogP contribution is 2.29. The van der Waals surface area contributed by atoms with E-state index in [2.05, 4.69) is 29.3 Å². The molecular weight excluding hydrogens is 306 g/mol. The molecule has 0 aromatic carbocycles. The number of likely N-dealkylation sites (N-methyl/N-ethyl adjacent to an activating group) is 1. The van der Waals surface area contributed by atoms with E-state index in [1.807, 2.05) is 0 Å². The molecular formula is C18H27N3O3. The molecule has 0 radical (unpaired) electrons. The zero-order valence-electron chi connectivity index (χ0n) is 14.6. The second-order valence-electron chi connectivity index (χ2n) is 7.05. The van der Waals surface area contributed by atoms with Gasteiger partial charge in [-0.2, -0.15) is 0 Å². The Morgan fingerprint density at radius 3 is 2.71 bits per heavy atom. The summed E-state index contributed by atoms with van der Waals surface area (Å²) in [7, 11) is 4.12. The van der Waals surface area contributed by atoms with Crippen molar-refractivity contribution in [3.05, 3.63) is 23.9 Å². The van der Waals surface area contributed by atoms with E-state index < -0.39 is 0 Å². The molecule has 3 rings (SSSR count). The maximum atomic E-state index is 12.4. The molecule has 2 fully saturated rings. The molecule has 1 amide bonds. The molecule has 1 saturated carbocycles. The van der Waals surface area contributed by atoms with Gasteiger partial charge in [-0.15, -0.1) is 0 Å². The maximum absolute atomic E-state index is 12.4. The molecule has 1 aliphatic carbocycles. The van der Waals surface area contributed by atoms with Gasteiger partial charge in [-0.25, -0.2) is 4.98 Å².